The molecule has 1 atom stereocenters. The number of aliphatic carboxylic acids is 1. The lowest BCUT2D eigenvalue weighted by Gasteiger charge is -2.11. The fourth-order valence-corrected chi connectivity index (χ4v) is 2.82. The van der Waals surface area contributed by atoms with Crippen molar-refractivity contribution in [2.75, 3.05) is 13.2 Å². The van der Waals surface area contributed by atoms with Crippen LogP contribution in [0.4, 0.5) is 0 Å². The molecule has 0 amide bonds. The van der Waals surface area contributed by atoms with Crippen LogP contribution in [0.5, 0.6) is 0 Å². The summed E-state index contributed by atoms with van der Waals surface area (Å²) in [4.78, 5) is 11.3. The minimum Gasteiger partial charge on any atom is -0.481 e. The normalized spacial score (nSPS) is 13.4. The maximum Gasteiger partial charge on any atom is 0.306 e. The number of carboxylic acid groups (broad SMARTS) is 1. The summed E-state index contributed by atoms with van der Waals surface area (Å²) in [7, 11) is 0. The molecule has 0 radical (unpaired) electrons. The highest BCUT2D eigenvalue weighted by molar-refractivity contribution is 5.69. The first-order chi connectivity index (χ1) is 14.2. The Morgan fingerprint density at radius 2 is 1.28 bits per heavy atom. The molecule has 0 aliphatic rings. The van der Waals surface area contributed by atoms with Crippen molar-refractivity contribution in [1.29, 1.82) is 0 Å². The van der Waals surface area contributed by atoms with Gasteiger partial charge in [0.2, 0.25) is 0 Å². The van der Waals surface area contributed by atoms with Gasteiger partial charge in [-0.3, -0.25) is 4.79 Å². The molecule has 0 fully saturated rings. The van der Waals surface area contributed by atoms with Gasteiger partial charge in [0.05, 0.1) is 5.92 Å². The second kappa shape index (κ2) is 22.7. The number of unbranched alkanes of at least 4 members (excludes halogenated alkanes) is 4. The van der Waals surface area contributed by atoms with E-state index in [-0.39, 0.29) is 5.92 Å². The van der Waals surface area contributed by atoms with Gasteiger partial charge in [0, 0.05) is 13.2 Å². The Kier molecular flexibility index (Phi) is 21.4. The SMILES string of the molecule is CCCCC/C=C\C/C=C\C/C=C\C/C=C\CCC(CCOCCCC)C(=O)O. The van der Waals surface area contributed by atoms with Crippen LogP contribution in [0.3, 0.4) is 0 Å². The van der Waals surface area contributed by atoms with Gasteiger partial charge in [-0.15, -0.1) is 0 Å². The van der Waals surface area contributed by atoms with Crippen molar-refractivity contribution in [1.82, 2.24) is 0 Å². The van der Waals surface area contributed by atoms with Crippen molar-refractivity contribution < 1.29 is 14.6 Å². The van der Waals surface area contributed by atoms with E-state index >= 15 is 0 Å². The number of hydrogen-bond donors (Lipinski definition) is 1. The smallest absolute Gasteiger partial charge is 0.306 e. The van der Waals surface area contributed by atoms with Crippen molar-refractivity contribution >= 4 is 5.97 Å². The molecule has 0 heterocycles. The maximum absolute atomic E-state index is 11.3. The van der Waals surface area contributed by atoms with Crippen LogP contribution in [-0.4, -0.2) is 24.3 Å². The lowest BCUT2D eigenvalue weighted by molar-refractivity contribution is -0.142. The molecule has 1 unspecified atom stereocenters. The molecular formula is C26H44O3. The van der Waals surface area contributed by atoms with Crippen LogP contribution in [0, 0.1) is 5.92 Å². The van der Waals surface area contributed by atoms with Crippen molar-refractivity contribution in [3.8, 4) is 0 Å². The third-order valence-electron chi connectivity index (χ3n) is 4.74. The number of rotatable bonds is 20. The summed E-state index contributed by atoms with van der Waals surface area (Å²) in [5.41, 5.74) is 0. The van der Waals surface area contributed by atoms with E-state index in [9.17, 15) is 9.90 Å². The summed E-state index contributed by atoms with van der Waals surface area (Å²) in [6.07, 6.45) is 29.8. The average Bonchev–Trinajstić information content (AvgIpc) is 2.71. The first kappa shape index (κ1) is 27.4. The van der Waals surface area contributed by atoms with Crippen molar-refractivity contribution in [2.45, 2.75) is 90.9 Å². The predicted octanol–water partition coefficient (Wildman–Crippen LogP) is 7.65. The maximum atomic E-state index is 11.3. The van der Waals surface area contributed by atoms with Crippen LogP contribution in [0.2, 0.25) is 0 Å². The molecule has 29 heavy (non-hydrogen) atoms. The van der Waals surface area contributed by atoms with E-state index in [1.807, 2.05) is 0 Å². The van der Waals surface area contributed by atoms with Crippen molar-refractivity contribution in [2.24, 2.45) is 5.92 Å². The van der Waals surface area contributed by atoms with Crippen LogP contribution in [0.1, 0.15) is 90.9 Å². The summed E-state index contributed by atoms with van der Waals surface area (Å²) < 4.78 is 5.49. The van der Waals surface area contributed by atoms with Gasteiger partial charge >= 0.3 is 5.97 Å². The Bertz CT molecular complexity index is 474. The lowest BCUT2D eigenvalue weighted by atomic mass is 10.00. The summed E-state index contributed by atoms with van der Waals surface area (Å²) in [5, 5.41) is 9.30. The van der Waals surface area contributed by atoms with E-state index in [0.29, 0.717) is 19.4 Å². The molecule has 0 aliphatic carbocycles. The largest absolute Gasteiger partial charge is 0.481 e. The molecule has 0 aliphatic heterocycles. The molecule has 0 saturated heterocycles. The van der Waals surface area contributed by atoms with Gasteiger partial charge < -0.3 is 9.84 Å². The van der Waals surface area contributed by atoms with Gasteiger partial charge in [-0.05, 0) is 57.8 Å². The Morgan fingerprint density at radius 3 is 1.83 bits per heavy atom. The second-order valence-corrected chi connectivity index (χ2v) is 7.46. The van der Waals surface area contributed by atoms with E-state index in [4.69, 9.17) is 4.74 Å². The molecular weight excluding hydrogens is 360 g/mol. The third-order valence-corrected chi connectivity index (χ3v) is 4.74. The molecule has 3 nitrogen and oxygen atoms in total. The van der Waals surface area contributed by atoms with E-state index in [0.717, 1.165) is 45.1 Å². The Hall–Kier alpha value is -1.61. The number of hydrogen-bond acceptors (Lipinski definition) is 2. The molecule has 0 spiro atoms. The van der Waals surface area contributed by atoms with Crippen LogP contribution in [0.25, 0.3) is 0 Å². The topological polar surface area (TPSA) is 46.5 Å². The zero-order valence-corrected chi connectivity index (χ0v) is 18.9. The Balaban J connectivity index is 3.71. The zero-order valence-electron chi connectivity index (χ0n) is 18.9. The first-order valence-corrected chi connectivity index (χ1v) is 11.6. The molecule has 0 bridgehead atoms. The monoisotopic (exact) mass is 404 g/mol. The summed E-state index contributed by atoms with van der Waals surface area (Å²) in [6, 6.07) is 0. The van der Waals surface area contributed by atoms with Crippen molar-refractivity contribution in [3.05, 3.63) is 48.6 Å². The summed E-state index contributed by atoms with van der Waals surface area (Å²) >= 11 is 0. The number of carboxylic acids is 1. The molecule has 3 heteroatoms. The molecule has 166 valence electrons. The predicted molar refractivity (Wildman–Crippen MR) is 125 cm³/mol. The first-order valence-electron chi connectivity index (χ1n) is 11.6. The standard InChI is InChI=1S/C26H44O3/c1-3-5-7-8-9-10-11-12-13-14-15-16-17-18-19-20-21-25(26(27)28)22-24-29-23-6-4-2/h9-10,12-13,15-16,18-19,25H,3-8,11,14,17,20-24H2,1-2H3,(H,27,28)/b10-9-,13-12-,16-15-,19-18-. The minimum absolute atomic E-state index is 0.303. The van der Waals surface area contributed by atoms with E-state index in [1.54, 1.807) is 0 Å². The van der Waals surface area contributed by atoms with Gasteiger partial charge in [-0.25, -0.2) is 0 Å². The van der Waals surface area contributed by atoms with Crippen LogP contribution >= 0.6 is 0 Å². The van der Waals surface area contributed by atoms with E-state index < -0.39 is 5.97 Å². The van der Waals surface area contributed by atoms with E-state index in [1.165, 1.54) is 25.7 Å². The molecule has 0 saturated carbocycles. The third kappa shape index (κ3) is 20.9. The highest BCUT2D eigenvalue weighted by atomic mass is 16.5. The van der Waals surface area contributed by atoms with E-state index in [2.05, 4.69) is 62.5 Å². The number of ether oxygens (including phenoxy) is 1. The number of carbonyl (C=O) groups is 1. The molecule has 0 aromatic rings. The van der Waals surface area contributed by atoms with Gasteiger partial charge in [0.15, 0.2) is 0 Å². The van der Waals surface area contributed by atoms with Gasteiger partial charge in [0.1, 0.15) is 0 Å². The van der Waals surface area contributed by atoms with Crippen LogP contribution in [0.15, 0.2) is 48.6 Å². The van der Waals surface area contributed by atoms with Gasteiger partial charge in [0.25, 0.3) is 0 Å². The highest BCUT2D eigenvalue weighted by Crippen LogP contribution is 2.13. The molecule has 0 aromatic heterocycles. The summed E-state index contributed by atoms with van der Waals surface area (Å²) in [6.45, 7) is 5.64. The van der Waals surface area contributed by atoms with Crippen LogP contribution in [-0.2, 0) is 9.53 Å². The number of allylic oxidation sites excluding steroid dienone is 8. The van der Waals surface area contributed by atoms with Gasteiger partial charge in [-0.1, -0.05) is 81.7 Å². The Labute approximate surface area is 179 Å². The highest BCUT2D eigenvalue weighted by Gasteiger charge is 2.15. The Morgan fingerprint density at radius 1 is 0.724 bits per heavy atom. The van der Waals surface area contributed by atoms with Crippen LogP contribution < -0.4 is 0 Å². The fraction of sp³-hybridized carbons (Fsp3) is 0.654. The average molecular weight is 405 g/mol. The zero-order chi connectivity index (χ0) is 21.4. The molecule has 0 rings (SSSR count). The summed E-state index contributed by atoms with van der Waals surface area (Å²) in [5.74, 6) is -1.01. The molecule has 1 N–H and O–H groups in total. The van der Waals surface area contributed by atoms with Gasteiger partial charge in [-0.2, -0.15) is 0 Å². The van der Waals surface area contributed by atoms with Crippen molar-refractivity contribution in [3.63, 3.8) is 0 Å². The molecule has 0 aromatic carbocycles. The quantitative estimate of drug-likeness (QED) is 0.167. The fourth-order valence-electron chi connectivity index (χ4n) is 2.82. The minimum atomic E-state index is -0.708. The second-order valence-electron chi connectivity index (χ2n) is 7.46. The lowest BCUT2D eigenvalue weighted by Crippen LogP contribution is -2.16.